The maximum Gasteiger partial charge on any atom is 0.0770 e. The number of hydrogen-bond acceptors (Lipinski definition) is 0. The molecule has 0 aliphatic heterocycles. The van der Waals surface area contributed by atoms with Gasteiger partial charge in [-0.3, -0.25) is 0 Å². The Balaban J connectivity index is 1.88. The molecule has 0 N–H and O–H groups in total. The maximum atomic E-state index is 6.68. The van der Waals surface area contributed by atoms with E-state index in [1.165, 1.54) is 11.1 Å². The quantitative estimate of drug-likeness (QED) is 0.671. The second kappa shape index (κ2) is 4.04. The highest BCUT2D eigenvalue weighted by Crippen LogP contribution is 2.63. The highest BCUT2D eigenvalue weighted by molar-refractivity contribution is 6.30. The molecule has 1 fully saturated rings. The van der Waals surface area contributed by atoms with Crippen molar-refractivity contribution in [2.45, 2.75) is 17.2 Å². The van der Waals surface area contributed by atoms with Crippen LogP contribution in [0.4, 0.5) is 0 Å². The molecule has 86 valence electrons. The molecule has 0 aromatic heterocycles. The molecule has 2 aromatic rings. The smallest absolute Gasteiger partial charge is 0.0770 e. The fraction of sp³-hybridized carbons (Fsp3) is 0.200. The van der Waals surface area contributed by atoms with Gasteiger partial charge in [-0.1, -0.05) is 54.1 Å². The molecular formula is C15H12Cl2. The summed E-state index contributed by atoms with van der Waals surface area (Å²) >= 11 is 12.6. The molecule has 1 saturated carbocycles. The lowest BCUT2D eigenvalue weighted by atomic mass is 10.0. The van der Waals surface area contributed by atoms with Crippen LogP contribution in [0, 0.1) is 0 Å². The first-order valence-electron chi connectivity index (χ1n) is 5.70. The summed E-state index contributed by atoms with van der Waals surface area (Å²) in [5.74, 6) is 0.406. The normalized spacial score (nSPS) is 26.8. The van der Waals surface area contributed by atoms with Gasteiger partial charge >= 0.3 is 0 Å². The van der Waals surface area contributed by atoms with E-state index in [4.69, 9.17) is 23.2 Å². The van der Waals surface area contributed by atoms with E-state index in [0.29, 0.717) is 5.92 Å². The van der Waals surface area contributed by atoms with Crippen molar-refractivity contribution in [1.29, 1.82) is 0 Å². The van der Waals surface area contributed by atoms with Gasteiger partial charge in [0, 0.05) is 10.9 Å². The number of alkyl halides is 1. The fourth-order valence-electron chi connectivity index (χ4n) is 2.35. The lowest BCUT2D eigenvalue weighted by Gasteiger charge is -2.09. The molecule has 0 heterocycles. The van der Waals surface area contributed by atoms with Crippen LogP contribution in [0.25, 0.3) is 0 Å². The summed E-state index contributed by atoms with van der Waals surface area (Å²) in [4.78, 5) is -0.213. The number of halogens is 2. The molecule has 17 heavy (non-hydrogen) atoms. The lowest BCUT2D eigenvalue weighted by Crippen LogP contribution is -1.99. The topological polar surface area (TPSA) is 0 Å². The summed E-state index contributed by atoms with van der Waals surface area (Å²) in [5.41, 5.74) is 2.48. The molecular weight excluding hydrogens is 251 g/mol. The van der Waals surface area contributed by atoms with Crippen LogP contribution in [-0.2, 0) is 4.87 Å². The zero-order valence-corrected chi connectivity index (χ0v) is 10.7. The third-order valence-corrected chi connectivity index (χ3v) is 4.31. The first kappa shape index (κ1) is 11.1. The third-order valence-electron chi connectivity index (χ3n) is 3.42. The van der Waals surface area contributed by atoms with Gasteiger partial charge in [-0.2, -0.15) is 0 Å². The molecule has 1 aliphatic carbocycles. The SMILES string of the molecule is Clc1ccc([C@H]2C[C@]2(Cl)c2ccccc2)cc1. The van der Waals surface area contributed by atoms with Crippen molar-refractivity contribution >= 4 is 23.2 Å². The van der Waals surface area contributed by atoms with Crippen LogP contribution >= 0.6 is 23.2 Å². The standard InChI is InChI=1S/C15H12Cl2/c16-13-8-6-11(7-9-13)14-10-15(14,17)12-4-2-1-3-5-12/h1-9,14H,10H2/t14-,15+/m1/s1. The maximum absolute atomic E-state index is 6.68. The van der Waals surface area contributed by atoms with Gasteiger partial charge in [-0.25, -0.2) is 0 Å². The molecule has 0 radical (unpaired) electrons. The fourth-order valence-corrected chi connectivity index (χ4v) is 2.88. The van der Waals surface area contributed by atoms with E-state index in [1.54, 1.807) is 0 Å². The van der Waals surface area contributed by atoms with Crippen molar-refractivity contribution in [2.75, 3.05) is 0 Å². The Labute approximate surface area is 111 Å². The minimum atomic E-state index is -0.213. The monoisotopic (exact) mass is 262 g/mol. The number of benzene rings is 2. The van der Waals surface area contributed by atoms with Gasteiger partial charge in [-0.05, 0) is 29.7 Å². The highest BCUT2D eigenvalue weighted by atomic mass is 35.5. The zero-order chi connectivity index (χ0) is 11.9. The Morgan fingerprint density at radius 2 is 1.59 bits per heavy atom. The number of hydrogen-bond donors (Lipinski definition) is 0. The first-order valence-corrected chi connectivity index (χ1v) is 6.46. The second-order valence-electron chi connectivity index (χ2n) is 4.54. The lowest BCUT2D eigenvalue weighted by molar-refractivity contribution is 0.942. The largest absolute Gasteiger partial charge is 0.113 e. The minimum Gasteiger partial charge on any atom is -0.113 e. The molecule has 2 atom stereocenters. The van der Waals surface area contributed by atoms with Crippen LogP contribution in [0.3, 0.4) is 0 Å². The van der Waals surface area contributed by atoms with Crippen molar-refractivity contribution in [2.24, 2.45) is 0 Å². The first-order chi connectivity index (χ1) is 8.20. The molecule has 0 saturated heterocycles. The molecule has 1 aliphatic rings. The van der Waals surface area contributed by atoms with Crippen LogP contribution < -0.4 is 0 Å². The average molecular weight is 263 g/mol. The minimum absolute atomic E-state index is 0.213. The summed E-state index contributed by atoms with van der Waals surface area (Å²) in [6.07, 6.45) is 1.00. The van der Waals surface area contributed by atoms with Gasteiger partial charge in [0.2, 0.25) is 0 Å². The summed E-state index contributed by atoms with van der Waals surface area (Å²) in [7, 11) is 0. The van der Waals surface area contributed by atoms with E-state index in [1.807, 2.05) is 30.3 Å². The molecule has 3 rings (SSSR count). The summed E-state index contributed by atoms with van der Waals surface area (Å²) < 4.78 is 0. The predicted molar refractivity (Wildman–Crippen MR) is 72.8 cm³/mol. The van der Waals surface area contributed by atoms with Gasteiger partial charge in [0.05, 0.1) is 4.87 Å². The van der Waals surface area contributed by atoms with Crippen molar-refractivity contribution in [3.05, 3.63) is 70.7 Å². The molecule has 0 unspecified atom stereocenters. The van der Waals surface area contributed by atoms with E-state index in [2.05, 4.69) is 24.3 Å². The molecule has 0 amide bonds. The summed E-state index contributed by atoms with van der Waals surface area (Å²) in [6.45, 7) is 0. The van der Waals surface area contributed by atoms with Crippen molar-refractivity contribution in [3.8, 4) is 0 Å². The van der Waals surface area contributed by atoms with Gasteiger partial charge < -0.3 is 0 Å². The van der Waals surface area contributed by atoms with Crippen molar-refractivity contribution in [3.63, 3.8) is 0 Å². The molecule has 0 bridgehead atoms. The van der Waals surface area contributed by atoms with Crippen LogP contribution in [0.5, 0.6) is 0 Å². The van der Waals surface area contributed by atoms with Gasteiger partial charge in [0.15, 0.2) is 0 Å². The Morgan fingerprint density at radius 1 is 0.941 bits per heavy atom. The van der Waals surface area contributed by atoms with Crippen LogP contribution in [0.1, 0.15) is 23.5 Å². The van der Waals surface area contributed by atoms with Crippen molar-refractivity contribution in [1.82, 2.24) is 0 Å². The molecule has 0 nitrogen and oxygen atoms in total. The van der Waals surface area contributed by atoms with E-state index in [9.17, 15) is 0 Å². The van der Waals surface area contributed by atoms with Gasteiger partial charge in [-0.15, -0.1) is 11.6 Å². The Kier molecular flexibility index (Phi) is 2.65. The molecule has 2 heteroatoms. The van der Waals surface area contributed by atoms with Gasteiger partial charge in [0.25, 0.3) is 0 Å². The molecule has 2 aromatic carbocycles. The third kappa shape index (κ3) is 1.96. The van der Waals surface area contributed by atoms with E-state index < -0.39 is 0 Å². The summed E-state index contributed by atoms with van der Waals surface area (Å²) in [6, 6.07) is 18.3. The van der Waals surface area contributed by atoms with E-state index in [-0.39, 0.29) is 4.87 Å². The van der Waals surface area contributed by atoms with E-state index in [0.717, 1.165) is 11.4 Å². The second-order valence-corrected chi connectivity index (χ2v) is 5.65. The Morgan fingerprint density at radius 3 is 2.24 bits per heavy atom. The predicted octanol–water partition coefficient (Wildman–Crippen LogP) is 4.96. The zero-order valence-electron chi connectivity index (χ0n) is 9.24. The average Bonchev–Trinajstić information content (AvgIpc) is 3.05. The Hall–Kier alpha value is -0.980. The van der Waals surface area contributed by atoms with Crippen LogP contribution in [0.15, 0.2) is 54.6 Å². The Bertz CT molecular complexity index is 518. The van der Waals surface area contributed by atoms with Crippen LogP contribution in [-0.4, -0.2) is 0 Å². The van der Waals surface area contributed by atoms with Crippen molar-refractivity contribution < 1.29 is 0 Å². The number of rotatable bonds is 2. The molecule has 0 spiro atoms. The summed E-state index contributed by atoms with van der Waals surface area (Å²) in [5, 5.41) is 0.772. The highest BCUT2D eigenvalue weighted by Gasteiger charge is 2.54. The van der Waals surface area contributed by atoms with E-state index >= 15 is 0 Å². The van der Waals surface area contributed by atoms with Crippen LogP contribution in [0.2, 0.25) is 5.02 Å². The van der Waals surface area contributed by atoms with Gasteiger partial charge in [0.1, 0.15) is 0 Å².